The number of benzene rings is 2. The Labute approximate surface area is 151 Å². The van der Waals surface area contributed by atoms with Gasteiger partial charge in [-0.05, 0) is 31.0 Å². The molecule has 3 N–H and O–H groups in total. The van der Waals surface area contributed by atoms with Crippen molar-refractivity contribution in [2.45, 2.75) is 13.3 Å². The first kappa shape index (κ1) is 19.0. The van der Waals surface area contributed by atoms with Crippen LogP contribution in [0.25, 0.3) is 0 Å². The van der Waals surface area contributed by atoms with Gasteiger partial charge in [0.15, 0.2) is 11.5 Å². The SMILES string of the molecule is CCOc1cc([N+](=O)[O-])c(C(=O)NCCc2ccc(N)cc2)cc1OC. The van der Waals surface area contributed by atoms with E-state index in [4.69, 9.17) is 15.2 Å². The molecule has 2 rings (SSSR count). The minimum Gasteiger partial charge on any atom is -0.493 e. The molecule has 138 valence electrons. The molecule has 8 heteroatoms. The molecule has 8 nitrogen and oxygen atoms in total. The van der Waals surface area contributed by atoms with Crippen molar-refractivity contribution in [2.75, 3.05) is 26.0 Å². The number of nitro groups is 1. The van der Waals surface area contributed by atoms with E-state index < -0.39 is 10.8 Å². The van der Waals surface area contributed by atoms with Gasteiger partial charge in [0.1, 0.15) is 5.56 Å². The van der Waals surface area contributed by atoms with Crippen LogP contribution in [0.1, 0.15) is 22.8 Å². The Kier molecular flexibility index (Phi) is 6.37. The van der Waals surface area contributed by atoms with Gasteiger partial charge in [0.2, 0.25) is 0 Å². The lowest BCUT2D eigenvalue weighted by Crippen LogP contribution is -2.26. The van der Waals surface area contributed by atoms with Gasteiger partial charge in [-0.25, -0.2) is 0 Å². The largest absolute Gasteiger partial charge is 0.493 e. The van der Waals surface area contributed by atoms with Crippen molar-refractivity contribution in [1.82, 2.24) is 5.32 Å². The molecule has 0 aliphatic carbocycles. The Balaban J connectivity index is 2.15. The van der Waals surface area contributed by atoms with Gasteiger partial charge in [-0.3, -0.25) is 14.9 Å². The van der Waals surface area contributed by atoms with Crippen molar-refractivity contribution in [3.05, 3.63) is 57.6 Å². The van der Waals surface area contributed by atoms with Gasteiger partial charge in [0, 0.05) is 18.3 Å². The first-order valence-electron chi connectivity index (χ1n) is 8.08. The highest BCUT2D eigenvalue weighted by Crippen LogP contribution is 2.34. The van der Waals surface area contributed by atoms with Crippen LogP contribution in [-0.4, -0.2) is 31.1 Å². The average Bonchev–Trinajstić information content (AvgIpc) is 2.63. The van der Waals surface area contributed by atoms with Crippen molar-refractivity contribution in [3.63, 3.8) is 0 Å². The number of carbonyl (C=O) groups excluding carboxylic acids is 1. The summed E-state index contributed by atoms with van der Waals surface area (Å²) in [4.78, 5) is 23.1. The standard InChI is InChI=1S/C18H21N3O5/c1-3-26-17-11-15(21(23)24)14(10-16(17)25-2)18(22)20-9-8-12-4-6-13(19)7-5-12/h4-7,10-11H,3,8-9,19H2,1-2H3,(H,20,22). The quantitative estimate of drug-likeness (QED) is 0.425. The summed E-state index contributed by atoms with van der Waals surface area (Å²) in [5.41, 5.74) is 6.88. The molecule has 0 radical (unpaired) electrons. The third kappa shape index (κ3) is 4.62. The summed E-state index contributed by atoms with van der Waals surface area (Å²) in [6.45, 7) is 2.40. The van der Waals surface area contributed by atoms with Gasteiger partial charge in [-0.15, -0.1) is 0 Å². The second-order valence-electron chi connectivity index (χ2n) is 5.46. The van der Waals surface area contributed by atoms with E-state index in [1.807, 2.05) is 12.1 Å². The molecule has 0 aliphatic heterocycles. The van der Waals surface area contributed by atoms with E-state index in [1.165, 1.54) is 19.2 Å². The van der Waals surface area contributed by atoms with Crippen LogP contribution >= 0.6 is 0 Å². The molecular formula is C18H21N3O5. The van der Waals surface area contributed by atoms with Crippen LogP contribution in [0.4, 0.5) is 11.4 Å². The summed E-state index contributed by atoms with van der Waals surface area (Å²) in [6, 6.07) is 9.81. The van der Waals surface area contributed by atoms with Crippen molar-refractivity contribution in [3.8, 4) is 11.5 Å². The normalized spacial score (nSPS) is 10.2. The Bertz CT molecular complexity index is 790. The Hall–Kier alpha value is -3.29. The van der Waals surface area contributed by atoms with E-state index in [0.29, 0.717) is 25.3 Å². The number of carbonyl (C=O) groups is 1. The van der Waals surface area contributed by atoms with Crippen molar-refractivity contribution >= 4 is 17.3 Å². The second kappa shape index (κ2) is 8.70. The number of nitrogen functional groups attached to an aromatic ring is 1. The van der Waals surface area contributed by atoms with Crippen LogP contribution in [0, 0.1) is 10.1 Å². The third-order valence-corrected chi connectivity index (χ3v) is 3.70. The first-order valence-corrected chi connectivity index (χ1v) is 8.08. The van der Waals surface area contributed by atoms with Gasteiger partial charge >= 0.3 is 0 Å². The van der Waals surface area contributed by atoms with Crippen LogP contribution in [0.2, 0.25) is 0 Å². The lowest BCUT2D eigenvalue weighted by Gasteiger charge is -2.12. The molecule has 0 aromatic heterocycles. The topological polar surface area (TPSA) is 117 Å². The summed E-state index contributed by atoms with van der Waals surface area (Å²) >= 11 is 0. The molecule has 0 saturated heterocycles. The lowest BCUT2D eigenvalue weighted by atomic mass is 10.1. The predicted octanol–water partition coefficient (Wildman–Crippen LogP) is 2.56. The maximum absolute atomic E-state index is 12.4. The van der Waals surface area contributed by atoms with Gasteiger partial charge in [-0.2, -0.15) is 0 Å². The van der Waals surface area contributed by atoms with E-state index >= 15 is 0 Å². The molecule has 0 bridgehead atoms. The smallest absolute Gasteiger partial charge is 0.286 e. The number of anilines is 1. The summed E-state index contributed by atoms with van der Waals surface area (Å²) in [5.74, 6) is -0.0604. The molecule has 0 aliphatic rings. The van der Waals surface area contributed by atoms with Gasteiger partial charge in [0.05, 0.1) is 24.7 Å². The zero-order chi connectivity index (χ0) is 19.1. The van der Waals surface area contributed by atoms with Gasteiger partial charge in [-0.1, -0.05) is 12.1 Å². The fraction of sp³-hybridized carbons (Fsp3) is 0.278. The molecule has 2 aromatic carbocycles. The minimum absolute atomic E-state index is 0.0763. The molecule has 0 unspecified atom stereocenters. The van der Waals surface area contributed by atoms with Crippen LogP contribution in [0.15, 0.2) is 36.4 Å². The molecule has 26 heavy (non-hydrogen) atoms. The number of nitrogens with one attached hydrogen (secondary N) is 1. The van der Waals surface area contributed by atoms with Crippen LogP contribution in [-0.2, 0) is 6.42 Å². The number of rotatable bonds is 8. The molecule has 0 atom stereocenters. The predicted molar refractivity (Wildman–Crippen MR) is 97.7 cm³/mol. The first-order chi connectivity index (χ1) is 12.5. The highest BCUT2D eigenvalue weighted by molar-refractivity contribution is 5.99. The summed E-state index contributed by atoms with van der Waals surface area (Å²) < 4.78 is 10.5. The third-order valence-electron chi connectivity index (χ3n) is 3.70. The van der Waals surface area contributed by atoms with Crippen LogP contribution in [0.3, 0.4) is 0 Å². The van der Waals surface area contributed by atoms with E-state index in [9.17, 15) is 14.9 Å². The maximum Gasteiger partial charge on any atom is 0.286 e. The molecular weight excluding hydrogens is 338 g/mol. The van der Waals surface area contributed by atoms with E-state index in [2.05, 4.69) is 5.32 Å². The Morgan fingerprint density at radius 3 is 2.50 bits per heavy atom. The van der Waals surface area contributed by atoms with Crippen molar-refractivity contribution < 1.29 is 19.2 Å². The van der Waals surface area contributed by atoms with Crippen molar-refractivity contribution in [1.29, 1.82) is 0 Å². The van der Waals surface area contributed by atoms with E-state index in [0.717, 1.165) is 5.56 Å². The number of hydrogen-bond donors (Lipinski definition) is 2. The number of nitrogens with two attached hydrogens (primary N) is 1. The number of hydrogen-bond acceptors (Lipinski definition) is 6. The van der Waals surface area contributed by atoms with E-state index in [1.54, 1.807) is 19.1 Å². The number of amides is 1. The van der Waals surface area contributed by atoms with E-state index in [-0.39, 0.29) is 22.7 Å². The number of methoxy groups -OCH3 is 1. The molecule has 0 spiro atoms. The number of nitrogens with zero attached hydrogens (tertiary/aromatic N) is 1. The highest BCUT2D eigenvalue weighted by atomic mass is 16.6. The summed E-state index contributed by atoms with van der Waals surface area (Å²) in [7, 11) is 1.41. The minimum atomic E-state index is -0.614. The molecule has 2 aromatic rings. The van der Waals surface area contributed by atoms with Crippen molar-refractivity contribution in [2.24, 2.45) is 0 Å². The Morgan fingerprint density at radius 2 is 1.92 bits per heavy atom. The molecule has 0 fully saturated rings. The Morgan fingerprint density at radius 1 is 1.23 bits per heavy atom. The fourth-order valence-electron chi connectivity index (χ4n) is 2.41. The van der Waals surface area contributed by atoms with Gasteiger partial charge < -0.3 is 20.5 Å². The number of ether oxygens (including phenoxy) is 2. The molecule has 0 saturated carbocycles. The molecule has 0 heterocycles. The second-order valence-corrected chi connectivity index (χ2v) is 5.46. The number of nitro benzene ring substituents is 1. The maximum atomic E-state index is 12.4. The monoisotopic (exact) mass is 359 g/mol. The fourth-order valence-corrected chi connectivity index (χ4v) is 2.41. The summed E-state index contributed by atoms with van der Waals surface area (Å²) in [5, 5.41) is 14.0. The lowest BCUT2D eigenvalue weighted by molar-refractivity contribution is -0.385. The molecule has 1 amide bonds. The highest BCUT2D eigenvalue weighted by Gasteiger charge is 2.24. The van der Waals surface area contributed by atoms with Crippen LogP contribution in [0.5, 0.6) is 11.5 Å². The van der Waals surface area contributed by atoms with Crippen LogP contribution < -0.4 is 20.5 Å². The van der Waals surface area contributed by atoms with Gasteiger partial charge in [0.25, 0.3) is 11.6 Å². The average molecular weight is 359 g/mol. The zero-order valence-corrected chi connectivity index (χ0v) is 14.7. The zero-order valence-electron chi connectivity index (χ0n) is 14.7. The summed E-state index contributed by atoms with van der Waals surface area (Å²) in [6.07, 6.45) is 0.577.